The predicted molar refractivity (Wildman–Crippen MR) is 106 cm³/mol. The molecule has 0 bridgehead atoms. The number of ether oxygens (including phenoxy) is 1. The van der Waals surface area contributed by atoms with E-state index < -0.39 is 0 Å². The molecule has 2 aromatic carbocycles. The van der Waals surface area contributed by atoms with Crippen LogP contribution in [0.4, 0.5) is 5.69 Å². The third-order valence-electron chi connectivity index (χ3n) is 5.05. The zero-order chi connectivity index (χ0) is 17.8. The number of methoxy groups -OCH3 is 1. The highest BCUT2D eigenvalue weighted by Gasteiger charge is 2.20. The van der Waals surface area contributed by atoms with Gasteiger partial charge in [-0.3, -0.25) is 4.90 Å². The van der Waals surface area contributed by atoms with Crippen molar-refractivity contribution in [3.63, 3.8) is 0 Å². The molecule has 0 radical (unpaired) electrons. The summed E-state index contributed by atoms with van der Waals surface area (Å²) in [7, 11) is 1.74. The minimum Gasteiger partial charge on any atom is -0.495 e. The Morgan fingerprint density at radius 2 is 1.54 bits per heavy atom. The van der Waals surface area contributed by atoms with Crippen LogP contribution in [0.2, 0.25) is 0 Å². The fourth-order valence-electron chi connectivity index (χ4n) is 3.65. The van der Waals surface area contributed by atoms with Crippen LogP contribution in [-0.2, 0) is 6.54 Å². The summed E-state index contributed by atoms with van der Waals surface area (Å²) >= 11 is 0. The SMILES string of the molecule is COc1ccccc1N1CCN(Cc2cccn2-c2ccccc2)CC1. The van der Waals surface area contributed by atoms with Crippen molar-refractivity contribution in [3.05, 3.63) is 78.6 Å². The number of para-hydroxylation sites is 3. The number of aromatic nitrogens is 1. The van der Waals surface area contributed by atoms with Gasteiger partial charge in [0, 0.05) is 50.3 Å². The highest BCUT2D eigenvalue weighted by atomic mass is 16.5. The van der Waals surface area contributed by atoms with Crippen molar-refractivity contribution in [3.8, 4) is 11.4 Å². The van der Waals surface area contributed by atoms with Crippen LogP contribution < -0.4 is 9.64 Å². The van der Waals surface area contributed by atoms with Crippen LogP contribution in [0.15, 0.2) is 72.9 Å². The van der Waals surface area contributed by atoms with Gasteiger partial charge in [0.05, 0.1) is 12.8 Å². The van der Waals surface area contributed by atoms with Gasteiger partial charge in [0.1, 0.15) is 5.75 Å². The van der Waals surface area contributed by atoms with Crippen molar-refractivity contribution in [2.24, 2.45) is 0 Å². The second-order valence-corrected chi connectivity index (χ2v) is 6.64. The van der Waals surface area contributed by atoms with Gasteiger partial charge in [0.2, 0.25) is 0 Å². The van der Waals surface area contributed by atoms with Gasteiger partial charge < -0.3 is 14.2 Å². The number of rotatable bonds is 5. The molecule has 0 unspecified atom stereocenters. The average Bonchev–Trinajstić information content (AvgIpc) is 3.17. The van der Waals surface area contributed by atoms with Gasteiger partial charge in [-0.25, -0.2) is 0 Å². The first-order chi connectivity index (χ1) is 12.8. The minimum atomic E-state index is 0.957. The summed E-state index contributed by atoms with van der Waals surface area (Å²) in [5.74, 6) is 0.957. The quantitative estimate of drug-likeness (QED) is 0.700. The van der Waals surface area contributed by atoms with Crippen LogP contribution >= 0.6 is 0 Å². The maximum absolute atomic E-state index is 5.52. The predicted octanol–water partition coefficient (Wildman–Crippen LogP) is 3.81. The Bertz CT molecular complexity index is 835. The molecular formula is C22H25N3O. The Balaban J connectivity index is 1.42. The highest BCUT2D eigenvalue weighted by Crippen LogP contribution is 2.28. The molecule has 0 aliphatic carbocycles. The highest BCUT2D eigenvalue weighted by molar-refractivity contribution is 5.58. The van der Waals surface area contributed by atoms with Crippen LogP contribution in [0.5, 0.6) is 5.75 Å². The smallest absolute Gasteiger partial charge is 0.142 e. The van der Waals surface area contributed by atoms with Crippen molar-refractivity contribution in [1.82, 2.24) is 9.47 Å². The Morgan fingerprint density at radius 3 is 2.31 bits per heavy atom. The van der Waals surface area contributed by atoms with Gasteiger partial charge in [-0.1, -0.05) is 30.3 Å². The summed E-state index contributed by atoms with van der Waals surface area (Å²) in [6, 6.07) is 23.2. The molecule has 3 aromatic rings. The number of anilines is 1. The van der Waals surface area contributed by atoms with Crippen molar-refractivity contribution in [2.45, 2.75) is 6.54 Å². The van der Waals surface area contributed by atoms with Crippen molar-refractivity contribution < 1.29 is 4.74 Å². The Morgan fingerprint density at radius 1 is 0.808 bits per heavy atom. The summed E-state index contributed by atoms with van der Waals surface area (Å²) in [6.07, 6.45) is 2.15. The standard InChI is InChI=1S/C22H25N3O/c1-26-22-12-6-5-11-21(22)24-16-14-23(15-17-24)18-20-10-7-13-25(20)19-8-3-2-4-9-19/h2-13H,14-18H2,1H3. The number of hydrogen-bond donors (Lipinski definition) is 0. The molecule has 0 amide bonds. The summed E-state index contributed by atoms with van der Waals surface area (Å²) in [5, 5.41) is 0. The van der Waals surface area contributed by atoms with Crippen molar-refractivity contribution in [1.29, 1.82) is 0 Å². The van der Waals surface area contributed by atoms with E-state index in [1.54, 1.807) is 7.11 Å². The summed E-state index contributed by atoms with van der Waals surface area (Å²) < 4.78 is 7.80. The molecular weight excluding hydrogens is 322 g/mol. The molecule has 1 fully saturated rings. The molecule has 4 rings (SSSR count). The molecule has 1 aliphatic heterocycles. The summed E-state index contributed by atoms with van der Waals surface area (Å²) in [5.41, 5.74) is 3.75. The molecule has 0 spiro atoms. The fraction of sp³-hybridized carbons (Fsp3) is 0.273. The normalized spacial score (nSPS) is 15.2. The first-order valence-electron chi connectivity index (χ1n) is 9.17. The van der Waals surface area contributed by atoms with E-state index in [4.69, 9.17) is 4.74 Å². The molecule has 1 aromatic heterocycles. The topological polar surface area (TPSA) is 20.6 Å². The fourth-order valence-corrected chi connectivity index (χ4v) is 3.65. The first kappa shape index (κ1) is 16.7. The van der Waals surface area contributed by atoms with E-state index in [0.29, 0.717) is 0 Å². The Hall–Kier alpha value is -2.72. The van der Waals surface area contributed by atoms with Crippen LogP contribution in [-0.4, -0.2) is 42.8 Å². The van der Waals surface area contributed by atoms with Gasteiger partial charge in [0.15, 0.2) is 0 Å². The van der Waals surface area contributed by atoms with Crippen molar-refractivity contribution >= 4 is 5.69 Å². The molecule has 0 N–H and O–H groups in total. The van der Waals surface area contributed by atoms with Gasteiger partial charge in [0.25, 0.3) is 0 Å². The summed E-state index contributed by atoms with van der Waals surface area (Å²) in [6.45, 7) is 5.12. The maximum Gasteiger partial charge on any atom is 0.142 e. The van der Waals surface area contributed by atoms with Crippen LogP contribution in [0, 0.1) is 0 Å². The second kappa shape index (κ2) is 7.67. The first-order valence-corrected chi connectivity index (χ1v) is 9.17. The molecule has 2 heterocycles. The third kappa shape index (κ3) is 3.46. The number of piperazine rings is 1. The van der Waals surface area contributed by atoms with Crippen LogP contribution in [0.3, 0.4) is 0 Å². The average molecular weight is 347 g/mol. The molecule has 0 saturated carbocycles. The number of benzene rings is 2. The van der Waals surface area contributed by atoms with E-state index in [9.17, 15) is 0 Å². The molecule has 26 heavy (non-hydrogen) atoms. The number of hydrogen-bond acceptors (Lipinski definition) is 3. The van der Waals surface area contributed by atoms with Crippen LogP contribution in [0.1, 0.15) is 5.69 Å². The minimum absolute atomic E-state index is 0.957. The lowest BCUT2D eigenvalue weighted by Gasteiger charge is -2.36. The molecule has 1 saturated heterocycles. The third-order valence-corrected chi connectivity index (χ3v) is 5.05. The number of nitrogens with zero attached hydrogens (tertiary/aromatic N) is 3. The van der Waals surface area contributed by atoms with E-state index in [1.165, 1.54) is 17.1 Å². The van der Waals surface area contributed by atoms with Crippen LogP contribution in [0.25, 0.3) is 5.69 Å². The Labute approximate surface area is 155 Å². The lowest BCUT2D eigenvalue weighted by molar-refractivity contribution is 0.245. The van der Waals surface area contributed by atoms with Gasteiger partial charge in [-0.05, 0) is 36.4 Å². The van der Waals surface area contributed by atoms with Crippen molar-refractivity contribution in [2.75, 3.05) is 38.2 Å². The maximum atomic E-state index is 5.52. The zero-order valence-corrected chi connectivity index (χ0v) is 15.2. The summed E-state index contributed by atoms with van der Waals surface area (Å²) in [4.78, 5) is 4.95. The van der Waals surface area contributed by atoms with E-state index in [0.717, 1.165) is 38.5 Å². The van der Waals surface area contributed by atoms with E-state index in [-0.39, 0.29) is 0 Å². The lowest BCUT2D eigenvalue weighted by Crippen LogP contribution is -2.46. The largest absolute Gasteiger partial charge is 0.495 e. The van der Waals surface area contributed by atoms with Gasteiger partial charge >= 0.3 is 0 Å². The molecule has 134 valence electrons. The van der Waals surface area contributed by atoms with E-state index in [2.05, 4.69) is 75.2 Å². The lowest BCUT2D eigenvalue weighted by atomic mass is 10.2. The van der Waals surface area contributed by atoms with E-state index in [1.807, 2.05) is 12.1 Å². The van der Waals surface area contributed by atoms with Gasteiger partial charge in [-0.15, -0.1) is 0 Å². The van der Waals surface area contributed by atoms with E-state index >= 15 is 0 Å². The second-order valence-electron chi connectivity index (χ2n) is 6.64. The molecule has 4 nitrogen and oxygen atoms in total. The molecule has 4 heteroatoms. The molecule has 1 aliphatic rings. The van der Waals surface area contributed by atoms with Gasteiger partial charge in [-0.2, -0.15) is 0 Å². The zero-order valence-electron chi connectivity index (χ0n) is 15.2. The Kier molecular flexibility index (Phi) is 4.93. The molecule has 0 atom stereocenters. The monoisotopic (exact) mass is 347 g/mol.